The van der Waals surface area contributed by atoms with Gasteiger partial charge in [0, 0.05) is 10.6 Å². The van der Waals surface area contributed by atoms with E-state index in [1.807, 2.05) is 11.8 Å². The summed E-state index contributed by atoms with van der Waals surface area (Å²) in [5, 5.41) is 3.96. The van der Waals surface area contributed by atoms with Crippen LogP contribution < -0.4 is 5.32 Å². The zero-order chi connectivity index (χ0) is 12.7. The normalized spacial score (nSPS) is 17.4. The molecule has 0 saturated carbocycles. The van der Waals surface area contributed by atoms with Gasteiger partial charge in [-0.3, -0.25) is 0 Å². The van der Waals surface area contributed by atoms with Crippen molar-refractivity contribution in [1.82, 2.24) is 0 Å². The average molecular weight is 255 g/mol. The lowest BCUT2D eigenvalue weighted by Crippen LogP contribution is -2.06. The first-order valence-corrected chi connectivity index (χ1v) is 7.13. The molecule has 0 bridgehead atoms. The fourth-order valence-electron chi connectivity index (χ4n) is 2.72. The number of fused-ring (bicyclic) bond motifs is 1. The van der Waals surface area contributed by atoms with E-state index in [9.17, 15) is 0 Å². The lowest BCUT2D eigenvalue weighted by molar-refractivity contribution is 1.07. The van der Waals surface area contributed by atoms with E-state index in [0.29, 0.717) is 5.37 Å². The number of hydrogen-bond acceptors (Lipinski definition) is 2. The summed E-state index contributed by atoms with van der Waals surface area (Å²) in [6, 6.07) is 13.1. The van der Waals surface area contributed by atoms with Crippen LogP contribution in [0.3, 0.4) is 0 Å². The van der Waals surface area contributed by atoms with E-state index >= 15 is 0 Å². The minimum atomic E-state index is 0.350. The standard InChI is InChI=1S/C16H17NS/c1-10-8-11(2)15(12(3)9-10)16-17-13-6-4-5-7-14(13)18-16/h4-9,16-17H,1-3H3. The molecule has 1 nitrogen and oxygen atoms in total. The molecule has 2 aromatic rings. The van der Waals surface area contributed by atoms with Crippen molar-refractivity contribution in [3.63, 3.8) is 0 Å². The molecule has 1 heterocycles. The zero-order valence-corrected chi connectivity index (χ0v) is 11.8. The molecular formula is C16H17NS. The predicted molar refractivity (Wildman–Crippen MR) is 79.3 cm³/mol. The fourth-order valence-corrected chi connectivity index (χ4v) is 4.06. The summed E-state index contributed by atoms with van der Waals surface area (Å²) < 4.78 is 0. The molecule has 0 radical (unpaired) electrons. The Kier molecular flexibility index (Phi) is 2.83. The summed E-state index contributed by atoms with van der Waals surface area (Å²) in [5.74, 6) is 0. The summed E-state index contributed by atoms with van der Waals surface area (Å²) >= 11 is 1.91. The van der Waals surface area contributed by atoms with Crippen molar-refractivity contribution in [1.29, 1.82) is 0 Å². The lowest BCUT2D eigenvalue weighted by Gasteiger charge is -2.17. The molecule has 1 N–H and O–H groups in total. The number of nitrogens with one attached hydrogen (secondary N) is 1. The van der Waals surface area contributed by atoms with Crippen molar-refractivity contribution < 1.29 is 0 Å². The molecule has 0 aromatic heterocycles. The molecule has 0 saturated heterocycles. The first-order valence-electron chi connectivity index (χ1n) is 6.25. The van der Waals surface area contributed by atoms with Gasteiger partial charge in [-0.25, -0.2) is 0 Å². The highest BCUT2D eigenvalue weighted by Gasteiger charge is 2.24. The molecule has 1 aliphatic heterocycles. The first kappa shape index (κ1) is 11.7. The Morgan fingerprint density at radius 3 is 2.33 bits per heavy atom. The molecule has 18 heavy (non-hydrogen) atoms. The number of thioether (sulfide) groups is 1. The Bertz CT molecular complexity index is 556. The maximum absolute atomic E-state index is 3.61. The SMILES string of the molecule is Cc1cc(C)c(C2Nc3ccccc3S2)c(C)c1. The maximum atomic E-state index is 3.61. The summed E-state index contributed by atoms with van der Waals surface area (Å²) in [6.45, 7) is 6.58. The van der Waals surface area contributed by atoms with Crippen LogP contribution in [0.25, 0.3) is 0 Å². The Morgan fingerprint density at radius 2 is 1.67 bits per heavy atom. The van der Waals surface area contributed by atoms with Gasteiger partial charge in [0.1, 0.15) is 5.37 Å². The van der Waals surface area contributed by atoms with Gasteiger partial charge in [-0.2, -0.15) is 0 Å². The molecule has 1 unspecified atom stereocenters. The number of para-hydroxylation sites is 1. The smallest absolute Gasteiger partial charge is 0.103 e. The third-order valence-corrected chi connectivity index (χ3v) is 4.62. The number of rotatable bonds is 1. The van der Waals surface area contributed by atoms with Crippen molar-refractivity contribution in [2.45, 2.75) is 31.0 Å². The van der Waals surface area contributed by atoms with Crippen LogP contribution in [0.2, 0.25) is 0 Å². The Hall–Kier alpha value is -1.41. The highest BCUT2D eigenvalue weighted by atomic mass is 32.2. The second kappa shape index (κ2) is 4.36. The summed E-state index contributed by atoms with van der Waals surface area (Å²) in [5.41, 5.74) is 6.79. The molecule has 0 aliphatic carbocycles. The molecular weight excluding hydrogens is 238 g/mol. The van der Waals surface area contributed by atoms with Crippen molar-refractivity contribution in [3.05, 3.63) is 58.7 Å². The average Bonchev–Trinajstić information content (AvgIpc) is 2.70. The topological polar surface area (TPSA) is 12.0 Å². The van der Waals surface area contributed by atoms with Gasteiger partial charge in [-0.1, -0.05) is 41.6 Å². The van der Waals surface area contributed by atoms with Gasteiger partial charge in [-0.05, 0) is 49.6 Å². The third-order valence-electron chi connectivity index (χ3n) is 3.42. The molecule has 92 valence electrons. The van der Waals surface area contributed by atoms with Crippen LogP contribution in [0.15, 0.2) is 41.3 Å². The van der Waals surface area contributed by atoms with Gasteiger partial charge in [0.25, 0.3) is 0 Å². The van der Waals surface area contributed by atoms with Crippen LogP contribution in [-0.2, 0) is 0 Å². The Balaban J connectivity index is 2.00. The largest absolute Gasteiger partial charge is 0.368 e. The van der Waals surface area contributed by atoms with Gasteiger partial charge >= 0.3 is 0 Å². The monoisotopic (exact) mass is 255 g/mol. The molecule has 0 amide bonds. The van der Waals surface area contributed by atoms with E-state index in [4.69, 9.17) is 0 Å². The van der Waals surface area contributed by atoms with Crippen LogP contribution in [0, 0.1) is 20.8 Å². The van der Waals surface area contributed by atoms with E-state index in [1.54, 1.807) is 0 Å². The molecule has 0 fully saturated rings. The van der Waals surface area contributed by atoms with Crippen molar-refractivity contribution in [2.24, 2.45) is 0 Å². The minimum absolute atomic E-state index is 0.350. The summed E-state index contributed by atoms with van der Waals surface area (Å²) in [7, 11) is 0. The van der Waals surface area contributed by atoms with Crippen molar-refractivity contribution in [3.8, 4) is 0 Å². The number of hydrogen-bond donors (Lipinski definition) is 1. The Morgan fingerprint density at radius 1 is 1.00 bits per heavy atom. The van der Waals surface area contributed by atoms with Crippen LogP contribution >= 0.6 is 11.8 Å². The quantitative estimate of drug-likeness (QED) is 0.783. The molecule has 1 aliphatic rings. The first-order chi connectivity index (χ1) is 8.65. The van der Waals surface area contributed by atoms with E-state index in [-0.39, 0.29) is 0 Å². The lowest BCUT2D eigenvalue weighted by atomic mass is 9.99. The second-order valence-electron chi connectivity index (χ2n) is 4.95. The minimum Gasteiger partial charge on any atom is -0.368 e. The van der Waals surface area contributed by atoms with Crippen molar-refractivity contribution >= 4 is 17.4 Å². The van der Waals surface area contributed by atoms with Crippen molar-refractivity contribution in [2.75, 3.05) is 5.32 Å². The van der Waals surface area contributed by atoms with Crippen LogP contribution in [0.4, 0.5) is 5.69 Å². The predicted octanol–water partition coefficient (Wildman–Crippen LogP) is 4.83. The second-order valence-corrected chi connectivity index (χ2v) is 6.10. The highest BCUT2D eigenvalue weighted by Crippen LogP contribution is 2.47. The van der Waals surface area contributed by atoms with E-state index in [2.05, 4.69) is 62.5 Å². The number of aryl methyl sites for hydroxylation is 3. The van der Waals surface area contributed by atoms with E-state index in [0.717, 1.165) is 0 Å². The van der Waals surface area contributed by atoms with Gasteiger partial charge in [0.15, 0.2) is 0 Å². The third kappa shape index (κ3) is 1.91. The molecule has 2 aromatic carbocycles. The van der Waals surface area contributed by atoms with E-state index < -0.39 is 0 Å². The molecule has 2 heteroatoms. The van der Waals surface area contributed by atoms with Gasteiger partial charge < -0.3 is 5.32 Å². The fraction of sp³-hybridized carbons (Fsp3) is 0.250. The van der Waals surface area contributed by atoms with Crippen LogP contribution in [-0.4, -0.2) is 0 Å². The molecule has 0 spiro atoms. The van der Waals surface area contributed by atoms with Gasteiger partial charge in [0.05, 0.1) is 0 Å². The number of benzene rings is 2. The van der Waals surface area contributed by atoms with Crippen LogP contribution in [0.1, 0.15) is 27.6 Å². The van der Waals surface area contributed by atoms with Crippen LogP contribution in [0.5, 0.6) is 0 Å². The van der Waals surface area contributed by atoms with E-state index in [1.165, 1.54) is 32.8 Å². The maximum Gasteiger partial charge on any atom is 0.103 e. The molecule has 3 rings (SSSR count). The Labute approximate surface area is 113 Å². The highest BCUT2D eigenvalue weighted by molar-refractivity contribution is 8.00. The molecule has 1 atom stereocenters. The zero-order valence-electron chi connectivity index (χ0n) is 10.9. The van der Waals surface area contributed by atoms with Gasteiger partial charge in [-0.15, -0.1) is 0 Å². The summed E-state index contributed by atoms with van der Waals surface area (Å²) in [4.78, 5) is 1.35. The summed E-state index contributed by atoms with van der Waals surface area (Å²) in [6.07, 6.45) is 0. The van der Waals surface area contributed by atoms with Gasteiger partial charge in [0.2, 0.25) is 0 Å². The number of anilines is 1.